The van der Waals surface area contributed by atoms with Gasteiger partial charge in [-0.1, -0.05) is 12.1 Å². The van der Waals surface area contributed by atoms with Gasteiger partial charge in [-0.25, -0.2) is 16.8 Å². The fourth-order valence-corrected chi connectivity index (χ4v) is 4.02. The van der Waals surface area contributed by atoms with Gasteiger partial charge >= 0.3 is 0 Å². The van der Waals surface area contributed by atoms with Gasteiger partial charge < -0.3 is 10.5 Å². The minimum atomic E-state index is -3.76. The standard InChI is InChI=1S/C11H18N2O5S2/c1-19(14,15)8-9-20(16,17)13-10-4-2-3-5-11(10)18-7-6-12/h2-5,13H,6-9,12H2,1H3. The molecule has 0 spiro atoms. The van der Waals surface area contributed by atoms with Crippen LogP contribution >= 0.6 is 0 Å². The van der Waals surface area contributed by atoms with Crippen molar-refractivity contribution >= 4 is 25.5 Å². The number of para-hydroxylation sites is 2. The van der Waals surface area contributed by atoms with Crippen molar-refractivity contribution < 1.29 is 21.6 Å². The van der Waals surface area contributed by atoms with E-state index in [0.717, 1.165) is 6.26 Å². The molecule has 0 aliphatic carbocycles. The first-order valence-electron chi connectivity index (χ1n) is 5.83. The molecule has 7 nitrogen and oxygen atoms in total. The smallest absolute Gasteiger partial charge is 0.233 e. The van der Waals surface area contributed by atoms with E-state index in [0.29, 0.717) is 12.3 Å². The van der Waals surface area contributed by atoms with E-state index in [-0.39, 0.29) is 12.3 Å². The van der Waals surface area contributed by atoms with Crippen molar-refractivity contribution in [3.63, 3.8) is 0 Å². The van der Waals surface area contributed by atoms with E-state index in [1.807, 2.05) is 0 Å². The number of hydrogen-bond donors (Lipinski definition) is 2. The van der Waals surface area contributed by atoms with E-state index < -0.39 is 31.4 Å². The number of nitrogens with one attached hydrogen (secondary N) is 1. The van der Waals surface area contributed by atoms with Crippen molar-refractivity contribution in [1.29, 1.82) is 0 Å². The Hall–Kier alpha value is -1.32. The molecule has 1 rings (SSSR count). The molecule has 0 atom stereocenters. The van der Waals surface area contributed by atoms with E-state index >= 15 is 0 Å². The second kappa shape index (κ2) is 6.91. The van der Waals surface area contributed by atoms with Crippen molar-refractivity contribution in [2.75, 3.05) is 35.6 Å². The molecule has 0 unspecified atom stereocenters. The van der Waals surface area contributed by atoms with E-state index in [1.54, 1.807) is 18.2 Å². The van der Waals surface area contributed by atoms with Crippen LogP contribution in [0.5, 0.6) is 5.75 Å². The molecule has 0 fully saturated rings. The summed E-state index contributed by atoms with van der Waals surface area (Å²) < 4.78 is 53.3. The van der Waals surface area contributed by atoms with Crippen LogP contribution in [0.15, 0.2) is 24.3 Å². The number of sulfone groups is 1. The second-order valence-electron chi connectivity index (χ2n) is 4.18. The summed E-state index contributed by atoms with van der Waals surface area (Å²) in [7, 11) is -7.10. The van der Waals surface area contributed by atoms with E-state index in [2.05, 4.69) is 4.72 Å². The van der Waals surface area contributed by atoms with Crippen molar-refractivity contribution in [3.05, 3.63) is 24.3 Å². The topological polar surface area (TPSA) is 116 Å². The quantitative estimate of drug-likeness (QED) is 0.685. The predicted octanol–water partition coefficient (Wildman–Crippen LogP) is -0.190. The Morgan fingerprint density at radius 2 is 1.80 bits per heavy atom. The Morgan fingerprint density at radius 1 is 1.15 bits per heavy atom. The van der Waals surface area contributed by atoms with Gasteiger partial charge in [-0.15, -0.1) is 0 Å². The maximum absolute atomic E-state index is 11.8. The monoisotopic (exact) mass is 322 g/mol. The lowest BCUT2D eigenvalue weighted by atomic mass is 10.3. The van der Waals surface area contributed by atoms with Gasteiger partial charge in [0.2, 0.25) is 10.0 Å². The summed E-state index contributed by atoms with van der Waals surface area (Å²) in [6.07, 6.45) is 0.987. The van der Waals surface area contributed by atoms with Gasteiger partial charge in [0.25, 0.3) is 0 Å². The summed E-state index contributed by atoms with van der Waals surface area (Å²) in [5, 5.41) is 0. The van der Waals surface area contributed by atoms with Crippen LogP contribution in [0.4, 0.5) is 5.69 Å². The Balaban J connectivity index is 2.81. The third-order valence-electron chi connectivity index (χ3n) is 2.25. The SMILES string of the molecule is CS(=O)(=O)CCS(=O)(=O)Nc1ccccc1OCCN. The van der Waals surface area contributed by atoms with Gasteiger partial charge in [0.15, 0.2) is 0 Å². The molecule has 114 valence electrons. The molecule has 0 aliphatic rings. The highest BCUT2D eigenvalue weighted by molar-refractivity contribution is 7.95. The maximum atomic E-state index is 11.8. The van der Waals surface area contributed by atoms with Gasteiger partial charge in [0.1, 0.15) is 22.2 Å². The zero-order valence-corrected chi connectivity index (χ0v) is 12.7. The average molecular weight is 322 g/mol. The normalized spacial score (nSPS) is 12.1. The predicted molar refractivity (Wildman–Crippen MR) is 78.1 cm³/mol. The fourth-order valence-electron chi connectivity index (χ4n) is 1.33. The molecular formula is C11H18N2O5S2. The van der Waals surface area contributed by atoms with Crippen LogP contribution in [0.2, 0.25) is 0 Å². The van der Waals surface area contributed by atoms with E-state index in [4.69, 9.17) is 10.5 Å². The highest BCUT2D eigenvalue weighted by Gasteiger charge is 2.16. The van der Waals surface area contributed by atoms with Crippen LogP contribution in [-0.4, -0.2) is 47.7 Å². The largest absolute Gasteiger partial charge is 0.490 e. The summed E-state index contributed by atoms with van der Waals surface area (Å²) in [6.45, 7) is 0.553. The third-order valence-corrected chi connectivity index (χ3v) is 4.73. The molecule has 9 heteroatoms. The van der Waals surface area contributed by atoms with Gasteiger partial charge in [0, 0.05) is 12.8 Å². The number of nitrogens with two attached hydrogens (primary N) is 1. The molecule has 0 heterocycles. The average Bonchev–Trinajstić information content (AvgIpc) is 2.34. The van der Waals surface area contributed by atoms with Crippen LogP contribution < -0.4 is 15.2 Å². The first kappa shape index (κ1) is 16.7. The lowest BCUT2D eigenvalue weighted by molar-refractivity contribution is 0.330. The molecule has 0 aliphatic heterocycles. The number of benzene rings is 1. The van der Waals surface area contributed by atoms with Gasteiger partial charge in [0.05, 0.1) is 17.2 Å². The Labute approximate surface area is 119 Å². The van der Waals surface area contributed by atoms with Crippen LogP contribution in [0, 0.1) is 0 Å². The molecular weight excluding hydrogens is 304 g/mol. The van der Waals surface area contributed by atoms with E-state index in [9.17, 15) is 16.8 Å². The van der Waals surface area contributed by atoms with Gasteiger partial charge in [-0.2, -0.15) is 0 Å². The summed E-state index contributed by atoms with van der Waals surface area (Å²) in [5.74, 6) is -0.591. The van der Waals surface area contributed by atoms with Gasteiger partial charge in [-0.05, 0) is 12.1 Å². The first-order chi connectivity index (χ1) is 9.23. The van der Waals surface area contributed by atoms with Crippen LogP contribution in [0.1, 0.15) is 0 Å². The van der Waals surface area contributed by atoms with Crippen molar-refractivity contribution in [2.24, 2.45) is 5.73 Å². The molecule has 0 saturated heterocycles. The van der Waals surface area contributed by atoms with Crippen molar-refractivity contribution in [1.82, 2.24) is 0 Å². The minimum absolute atomic E-state index is 0.252. The van der Waals surface area contributed by atoms with Crippen LogP contribution in [-0.2, 0) is 19.9 Å². The molecule has 0 amide bonds. The number of ether oxygens (including phenoxy) is 1. The number of rotatable bonds is 8. The number of hydrogen-bond acceptors (Lipinski definition) is 6. The number of anilines is 1. The Morgan fingerprint density at radius 3 is 2.40 bits per heavy atom. The van der Waals surface area contributed by atoms with Crippen LogP contribution in [0.25, 0.3) is 0 Å². The maximum Gasteiger partial charge on any atom is 0.233 e. The van der Waals surface area contributed by atoms with Gasteiger partial charge in [-0.3, -0.25) is 4.72 Å². The zero-order valence-electron chi connectivity index (χ0n) is 11.1. The van der Waals surface area contributed by atoms with Crippen molar-refractivity contribution in [2.45, 2.75) is 0 Å². The Kier molecular flexibility index (Phi) is 5.78. The first-order valence-corrected chi connectivity index (χ1v) is 9.55. The number of sulfonamides is 1. The highest BCUT2D eigenvalue weighted by Crippen LogP contribution is 2.24. The molecule has 0 bridgehead atoms. The van der Waals surface area contributed by atoms with E-state index in [1.165, 1.54) is 6.07 Å². The molecule has 1 aromatic carbocycles. The lowest BCUT2D eigenvalue weighted by Crippen LogP contribution is -2.23. The molecule has 3 N–H and O–H groups in total. The summed E-state index contributed by atoms with van der Waals surface area (Å²) >= 11 is 0. The molecule has 0 aromatic heterocycles. The summed E-state index contributed by atoms with van der Waals surface area (Å²) in [4.78, 5) is 0. The Bertz CT molecular complexity index is 641. The minimum Gasteiger partial charge on any atom is -0.490 e. The zero-order chi connectivity index (χ0) is 15.2. The molecule has 20 heavy (non-hydrogen) atoms. The molecule has 1 aromatic rings. The third kappa shape index (κ3) is 6.22. The fraction of sp³-hybridized carbons (Fsp3) is 0.455. The summed E-state index contributed by atoms with van der Waals surface area (Å²) in [5.41, 5.74) is 5.58. The summed E-state index contributed by atoms with van der Waals surface area (Å²) in [6, 6.07) is 6.47. The van der Waals surface area contributed by atoms with Crippen molar-refractivity contribution in [3.8, 4) is 5.75 Å². The lowest BCUT2D eigenvalue weighted by Gasteiger charge is -2.12. The molecule has 0 radical (unpaired) electrons. The highest BCUT2D eigenvalue weighted by atomic mass is 32.2. The molecule has 0 saturated carbocycles. The van der Waals surface area contributed by atoms with Crippen LogP contribution in [0.3, 0.4) is 0 Å². The second-order valence-corrected chi connectivity index (χ2v) is 8.29.